The van der Waals surface area contributed by atoms with E-state index in [1.54, 1.807) is 0 Å². The number of nitrogens with zero attached hydrogens (tertiary/aromatic N) is 1. The van der Waals surface area contributed by atoms with E-state index in [2.05, 4.69) is 18.8 Å². The normalized spacial score (nSPS) is 12.7. The first-order chi connectivity index (χ1) is 8.13. The smallest absolute Gasteiger partial charge is 0.136 e. The molecule has 4 heteroatoms. The van der Waals surface area contributed by atoms with Gasteiger partial charge in [-0.05, 0) is 24.5 Å². The van der Waals surface area contributed by atoms with Gasteiger partial charge in [-0.3, -0.25) is 0 Å². The van der Waals surface area contributed by atoms with E-state index < -0.39 is 11.6 Å². The van der Waals surface area contributed by atoms with Gasteiger partial charge in [-0.15, -0.1) is 11.3 Å². The second-order valence-electron chi connectivity index (χ2n) is 3.98. The summed E-state index contributed by atoms with van der Waals surface area (Å²) >= 11 is 1.28. The highest BCUT2D eigenvalue weighted by Crippen LogP contribution is 2.31. The van der Waals surface area contributed by atoms with E-state index in [1.165, 1.54) is 29.5 Å². The van der Waals surface area contributed by atoms with Crippen LogP contribution in [0.3, 0.4) is 0 Å². The van der Waals surface area contributed by atoms with Gasteiger partial charge in [0.25, 0.3) is 0 Å². The maximum Gasteiger partial charge on any atom is 0.136 e. The predicted molar refractivity (Wildman–Crippen MR) is 66.2 cm³/mol. The van der Waals surface area contributed by atoms with Crippen LogP contribution in [0.4, 0.5) is 8.78 Å². The zero-order valence-electron chi connectivity index (χ0n) is 9.71. The third-order valence-corrected chi connectivity index (χ3v) is 3.69. The molecule has 0 saturated heterocycles. The molecule has 1 nitrogen and oxygen atoms in total. The molecular weight excluding hydrogens is 240 g/mol. The molecule has 2 rings (SSSR count). The molecule has 0 fully saturated rings. The summed E-state index contributed by atoms with van der Waals surface area (Å²) in [5.41, 5.74) is 0.877. The molecule has 0 radical (unpaired) electrons. The Labute approximate surface area is 103 Å². The summed E-state index contributed by atoms with van der Waals surface area (Å²) in [5.74, 6) is -0.806. The maximum absolute atomic E-state index is 13.6. The first-order valence-corrected chi connectivity index (χ1v) is 6.41. The Morgan fingerprint density at radius 2 is 1.94 bits per heavy atom. The van der Waals surface area contributed by atoms with Crippen molar-refractivity contribution >= 4 is 11.3 Å². The van der Waals surface area contributed by atoms with Crippen LogP contribution in [0.1, 0.15) is 31.9 Å². The molecule has 0 amide bonds. The minimum Gasteiger partial charge on any atom is -0.241 e. The van der Waals surface area contributed by atoms with Crippen LogP contribution >= 0.6 is 11.3 Å². The summed E-state index contributed by atoms with van der Waals surface area (Å²) in [6, 6.07) is 3.86. The molecule has 0 bridgehead atoms. The van der Waals surface area contributed by atoms with Crippen molar-refractivity contribution in [3.63, 3.8) is 0 Å². The number of hydrogen-bond donors (Lipinski definition) is 0. The Balaban J connectivity index is 2.44. The first kappa shape index (κ1) is 12.2. The number of aromatic nitrogens is 1. The van der Waals surface area contributed by atoms with Crippen LogP contribution < -0.4 is 0 Å². The van der Waals surface area contributed by atoms with Gasteiger partial charge in [0, 0.05) is 5.38 Å². The van der Waals surface area contributed by atoms with Gasteiger partial charge in [0.05, 0.1) is 11.3 Å². The van der Waals surface area contributed by atoms with Crippen molar-refractivity contribution in [1.82, 2.24) is 4.98 Å². The monoisotopic (exact) mass is 253 g/mol. The van der Waals surface area contributed by atoms with Crippen LogP contribution in [0.5, 0.6) is 0 Å². The molecule has 1 aromatic heterocycles. The minimum atomic E-state index is -0.560. The second-order valence-corrected chi connectivity index (χ2v) is 4.84. The highest BCUT2D eigenvalue weighted by Gasteiger charge is 2.16. The van der Waals surface area contributed by atoms with Crippen LogP contribution in [0.2, 0.25) is 0 Å². The average molecular weight is 253 g/mol. The molecule has 2 aromatic rings. The fraction of sp³-hybridized carbons (Fsp3) is 0.308. The largest absolute Gasteiger partial charge is 0.241 e. The molecule has 1 atom stereocenters. The molecule has 0 aliphatic rings. The standard InChI is InChI=1S/C13H13F2NS/c1-3-8(2)11-7-17-13(16-11)12-9(14)5-4-6-10(12)15/h4-8H,3H2,1-2H3. The van der Waals surface area contributed by atoms with Gasteiger partial charge in [0.2, 0.25) is 0 Å². The summed E-state index contributed by atoms with van der Waals surface area (Å²) in [5, 5.41) is 2.28. The molecule has 0 saturated carbocycles. The van der Waals surface area contributed by atoms with Crippen molar-refractivity contribution in [2.24, 2.45) is 0 Å². The van der Waals surface area contributed by atoms with Crippen molar-refractivity contribution < 1.29 is 8.78 Å². The van der Waals surface area contributed by atoms with Crippen molar-refractivity contribution in [3.05, 3.63) is 40.9 Å². The molecule has 0 N–H and O–H groups in total. The third-order valence-electron chi connectivity index (χ3n) is 2.82. The van der Waals surface area contributed by atoms with Crippen molar-refractivity contribution in [1.29, 1.82) is 0 Å². The Bertz CT molecular complexity index is 502. The van der Waals surface area contributed by atoms with E-state index in [0.717, 1.165) is 12.1 Å². The molecule has 1 unspecified atom stereocenters. The van der Waals surface area contributed by atoms with Crippen LogP contribution in [0.25, 0.3) is 10.6 Å². The van der Waals surface area contributed by atoms with Crippen molar-refractivity contribution in [2.75, 3.05) is 0 Å². The Hall–Kier alpha value is -1.29. The number of rotatable bonds is 3. The van der Waals surface area contributed by atoms with E-state index in [1.807, 2.05) is 5.38 Å². The van der Waals surface area contributed by atoms with Gasteiger partial charge in [0.15, 0.2) is 0 Å². The van der Waals surface area contributed by atoms with Crippen LogP contribution in [0, 0.1) is 11.6 Å². The number of hydrogen-bond acceptors (Lipinski definition) is 2. The zero-order valence-corrected chi connectivity index (χ0v) is 10.5. The lowest BCUT2D eigenvalue weighted by Crippen LogP contribution is -1.93. The van der Waals surface area contributed by atoms with Gasteiger partial charge in [-0.25, -0.2) is 13.8 Å². The summed E-state index contributed by atoms with van der Waals surface area (Å²) in [6.07, 6.45) is 0.961. The Morgan fingerprint density at radius 1 is 1.29 bits per heavy atom. The zero-order chi connectivity index (χ0) is 12.4. The van der Waals surface area contributed by atoms with Crippen LogP contribution in [0.15, 0.2) is 23.6 Å². The second kappa shape index (κ2) is 4.92. The number of halogens is 2. The van der Waals surface area contributed by atoms with Gasteiger partial charge >= 0.3 is 0 Å². The molecule has 0 spiro atoms. The minimum absolute atomic E-state index is 0.0212. The Morgan fingerprint density at radius 3 is 2.53 bits per heavy atom. The SMILES string of the molecule is CCC(C)c1csc(-c2c(F)cccc2F)n1. The first-order valence-electron chi connectivity index (χ1n) is 5.53. The molecule has 0 aliphatic carbocycles. The molecular formula is C13H13F2NS. The van der Waals surface area contributed by atoms with E-state index in [0.29, 0.717) is 10.9 Å². The Kier molecular flexibility index (Phi) is 3.52. The van der Waals surface area contributed by atoms with Crippen LogP contribution in [-0.4, -0.2) is 4.98 Å². The highest BCUT2D eigenvalue weighted by atomic mass is 32.1. The molecule has 17 heavy (non-hydrogen) atoms. The van der Waals surface area contributed by atoms with Gasteiger partial charge in [-0.1, -0.05) is 19.9 Å². The van der Waals surface area contributed by atoms with Crippen LogP contribution in [-0.2, 0) is 0 Å². The molecule has 1 aromatic carbocycles. The topological polar surface area (TPSA) is 12.9 Å². The lowest BCUT2D eigenvalue weighted by Gasteiger charge is -2.03. The molecule has 1 heterocycles. The lowest BCUT2D eigenvalue weighted by molar-refractivity contribution is 0.589. The lowest BCUT2D eigenvalue weighted by atomic mass is 10.1. The maximum atomic E-state index is 13.6. The fourth-order valence-corrected chi connectivity index (χ4v) is 2.53. The summed E-state index contributed by atoms with van der Waals surface area (Å²) in [6.45, 7) is 4.11. The third kappa shape index (κ3) is 2.36. The number of benzene rings is 1. The van der Waals surface area contributed by atoms with Gasteiger partial charge < -0.3 is 0 Å². The highest BCUT2D eigenvalue weighted by molar-refractivity contribution is 7.13. The van der Waals surface area contributed by atoms with Crippen molar-refractivity contribution in [3.8, 4) is 10.6 Å². The summed E-state index contributed by atoms with van der Waals surface area (Å²) in [4.78, 5) is 4.31. The van der Waals surface area contributed by atoms with Gasteiger partial charge in [-0.2, -0.15) is 0 Å². The quantitative estimate of drug-likeness (QED) is 0.779. The van der Waals surface area contributed by atoms with E-state index in [4.69, 9.17) is 0 Å². The van der Waals surface area contributed by atoms with Gasteiger partial charge in [0.1, 0.15) is 16.6 Å². The van der Waals surface area contributed by atoms with E-state index in [9.17, 15) is 8.78 Å². The average Bonchev–Trinajstić information content (AvgIpc) is 2.77. The van der Waals surface area contributed by atoms with E-state index in [-0.39, 0.29) is 5.56 Å². The fourth-order valence-electron chi connectivity index (χ4n) is 1.54. The molecule has 90 valence electrons. The number of thiazole rings is 1. The molecule has 0 aliphatic heterocycles. The predicted octanol–water partition coefficient (Wildman–Crippen LogP) is 4.60. The van der Waals surface area contributed by atoms with E-state index >= 15 is 0 Å². The summed E-state index contributed by atoms with van der Waals surface area (Å²) in [7, 11) is 0. The van der Waals surface area contributed by atoms with Crippen molar-refractivity contribution in [2.45, 2.75) is 26.2 Å². The summed E-state index contributed by atoms with van der Waals surface area (Å²) < 4.78 is 27.1.